The predicted octanol–water partition coefficient (Wildman–Crippen LogP) is 1.66. The van der Waals surface area contributed by atoms with Crippen LogP contribution in [-0.4, -0.2) is 42.5 Å². The van der Waals surface area contributed by atoms with Crippen LogP contribution in [-0.2, 0) is 7.05 Å². The normalized spacial score (nSPS) is 11.0. The first-order valence-corrected chi connectivity index (χ1v) is 7.62. The van der Waals surface area contributed by atoms with Gasteiger partial charge in [-0.25, -0.2) is 9.67 Å². The van der Waals surface area contributed by atoms with Crippen LogP contribution >= 0.6 is 23.5 Å². The summed E-state index contributed by atoms with van der Waals surface area (Å²) in [5, 5.41) is 13.4. The predicted molar refractivity (Wildman–Crippen MR) is 72.5 cm³/mol. The molecule has 2 rings (SSSR count). The Labute approximate surface area is 119 Å². The summed E-state index contributed by atoms with van der Waals surface area (Å²) in [6.45, 7) is 3.92. The second-order valence-electron chi connectivity index (χ2n) is 3.88. The second-order valence-corrected chi connectivity index (χ2v) is 5.65. The molecular formula is C10H14N6OS2. The Morgan fingerprint density at radius 1 is 1.32 bits per heavy atom. The van der Waals surface area contributed by atoms with E-state index in [2.05, 4.69) is 25.5 Å². The van der Waals surface area contributed by atoms with Crippen LogP contribution in [0.4, 0.5) is 0 Å². The highest BCUT2D eigenvalue weighted by Gasteiger charge is 2.11. The van der Waals surface area contributed by atoms with Gasteiger partial charge in [-0.3, -0.25) is 0 Å². The van der Waals surface area contributed by atoms with E-state index < -0.39 is 0 Å². The van der Waals surface area contributed by atoms with Crippen LogP contribution in [0.5, 0.6) is 5.88 Å². The van der Waals surface area contributed by atoms with E-state index in [1.165, 1.54) is 23.5 Å². The molecule has 0 radical (unpaired) electrons. The molecule has 0 aliphatic heterocycles. The van der Waals surface area contributed by atoms with Crippen LogP contribution in [0.2, 0.25) is 0 Å². The Bertz CT molecular complexity index is 559. The van der Waals surface area contributed by atoms with Crippen molar-refractivity contribution in [1.82, 2.24) is 30.2 Å². The first-order chi connectivity index (χ1) is 9.08. The van der Waals surface area contributed by atoms with Gasteiger partial charge >= 0.3 is 0 Å². The summed E-state index contributed by atoms with van der Waals surface area (Å²) in [4.78, 5) is 8.70. The fourth-order valence-corrected chi connectivity index (χ4v) is 2.38. The van der Waals surface area contributed by atoms with E-state index in [9.17, 15) is 0 Å². The maximum Gasteiger partial charge on any atom is 0.218 e. The summed E-state index contributed by atoms with van der Waals surface area (Å²) in [6, 6.07) is 1.79. The number of nitrogens with zero attached hydrogens (tertiary/aromatic N) is 6. The third-order valence-corrected chi connectivity index (χ3v) is 3.47. The molecule has 2 aromatic rings. The quantitative estimate of drug-likeness (QED) is 0.468. The van der Waals surface area contributed by atoms with Crippen LogP contribution in [0.15, 0.2) is 21.4 Å². The van der Waals surface area contributed by atoms with Crippen molar-refractivity contribution in [3.8, 4) is 5.88 Å². The number of hydrogen-bond acceptors (Lipinski definition) is 8. The summed E-state index contributed by atoms with van der Waals surface area (Å²) < 4.78 is 7.20. The molecule has 0 bridgehead atoms. The maximum absolute atomic E-state index is 5.61. The highest BCUT2D eigenvalue weighted by molar-refractivity contribution is 7.99. The van der Waals surface area contributed by atoms with Crippen molar-refractivity contribution in [3.63, 3.8) is 0 Å². The first-order valence-electron chi connectivity index (χ1n) is 5.58. The SMILES string of the molecule is CSc1nc(OC(C)C)cc(Sc2nnnn2C)n1. The van der Waals surface area contributed by atoms with Gasteiger partial charge in [0.25, 0.3) is 0 Å². The molecule has 2 aromatic heterocycles. The minimum absolute atomic E-state index is 0.0685. The van der Waals surface area contributed by atoms with Gasteiger partial charge < -0.3 is 4.74 Å². The van der Waals surface area contributed by atoms with Crippen molar-refractivity contribution < 1.29 is 4.74 Å². The van der Waals surface area contributed by atoms with Gasteiger partial charge in [-0.1, -0.05) is 11.8 Å². The van der Waals surface area contributed by atoms with Gasteiger partial charge in [-0.2, -0.15) is 4.98 Å². The molecule has 0 N–H and O–H groups in total. The monoisotopic (exact) mass is 298 g/mol. The minimum atomic E-state index is 0.0685. The van der Waals surface area contributed by atoms with Crippen molar-refractivity contribution >= 4 is 23.5 Å². The highest BCUT2D eigenvalue weighted by Crippen LogP contribution is 2.27. The van der Waals surface area contributed by atoms with E-state index in [4.69, 9.17) is 4.74 Å². The Balaban J connectivity index is 2.26. The lowest BCUT2D eigenvalue weighted by Gasteiger charge is -2.10. The Morgan fingerprint density at radius 3 is 2.68 bits per heavy atom. The molecule has 0 fully saturated rings. The van der Waals surface area contributed by atoms with Crippen molar-refractivity contribution in [2.75, 3.05) is 6.26 Å². The lowest BCUT2D eigenvalue weighted by Crippen LogP contribution is -2.08. The van der Waals surface area contributed by atoms with Gasteiger partial charge in [-0.05, 0) is 42.3 Å². The second kappa shape index (κ2) is 6.20. The molecule has 0 aliphatic rings. The van der Waals surface area contributed by atoms with Crippen molar-refractivity contribution in [2.45, 2.75) is 35.3 Å². The summed E-state index contributed by atoms with van der Waals surface area (Å²) in [7, 11) is 1.78. The molecule has 0 spiro atoms. The molecular weight excluding hydrogens is 284 g/mol. The molecule has 0 saturated heterocycles. The van der Waals surface area contributed by atoms with Crippen molar-refractivity contribution in [3.05, 3.63) is 6.07 Å². The number of tetrazole rings is 1. The van der Waals surface area contributed by atoms with Gasteiger partial charge in [0, 0.05) is 13.1 Å². The van der Waals surface area contributed by atoms with Gasteiger partial charge in [0.05, 0.1) is 6.10 Å². The lowest BCUT2D eigenvalue weighted by molar-refractivity contribution is 0.229. The highest BCUT2D eigenvalue weighted by atomic mass is 32.2. The molecule has 0 aromatic carbocycles. The summed E-state index contributed by atoms with van der Waals surface area (Å²) in [6.07, 6.45) is 1.99. The molecule has 0 atom stereocenters. The van der Waals surface area contributed by atoms with E-state index >= 15 is 0 Å². The van der Waals surface area contributed by atoms with Gasteiger partial charge in [0.1, 0.15) is 5.03 Å². The number of aromatic nitrogens is 6. The Morgan fingerprint density at radius 2 is 2.11 bits per heavy atom. The molecule has 9 heteroatoms. The topological polar surface area (TPSA) is 78.6 Å². The number of ether oxygens (including phenoxy) is 1. The number of hydrogen-bond donors (Lipinski definition) is 0. The smallest absolute Gasteiger partial charge is 0.218 e. The van der Waals surface area contributed by atoms with Gasteiger partial charge in [0.2, 0.25) is 11.0 Å². The van der Waals surface area contributed by atoms with Crippen LogP contribution < -0.4 is 4.74 Å². The van der Waals surface area contributed by atoms with E-state index in [1.54, 1.807) is 17.8 Å². The van der Waals surface area contributed by atoms with Crippen molar-refractivity contribution in [2.24, 2.45) is 7.05 Å². The van der Waals surface area contributed by atoms with Crippen LogP contribution in [0, 0.1) is 0 Å². The minimum Gasteiger partial charge on any atom is -0.475 e. The number of aryl methyl sites for hydroxylation is 1. The zero-order chi connectivity index (χ0) is 13.8. The van der Waals surface area contributed by atoms with Crippen LogP contribution in [0.25, 0.3) is 0 Å². The van der Waals surface area contributed by atoms with Crippen molar-refractivity contribution in [1.29, 1.82) is 0 Å². The third kappa shape index (κ3) is 3.80. The maximum atomic E-state index is 5.61. The first kappa shape index (κ1) is 14.1. The van der Waals surface area contributed by atoms with Crippen LogP contribution in [0.3, 0.4) is 0 Å². The molecule has 19 heavy (non-hydrogen) atoms. The fourth-order valence-electron chi connectivity index (χ4n) is 1.23. The standard InChI is InChI=1S/C10H14N6OS2/c1-6(2)17-7-5-8(12-9(11-7)18-4)19-10-13-14-15-16(10)3/h5-6H,1-4H3. The largest absolute Gasteiger partial charge is 0.475 e. The number of thioether (sulfide) groups is 1. The lowest BCUT2D eigenvalue weighted by atomic mass is 10.5. The summed E-state index contributed by atoms with van der Waals surface area (Å²) in [5.41, 5.74) is 0. The van der Waals surface area contributed by atoms with Gasteiger partial charge in [0.15, 0.2) is 5.16 Å². The zero-order valence-electron chi connectivity index (χ0n) is 11.1. The number of rotatable bonds is 5. The molecule has 2 heterocycles. The van der Waals surface area contributed by atoms with E-state index in [0.717, 1.165) is 5.03 Å². The zero-order valence-corrected chi connectivity index (χ0v) is 12.7. The molecule has 0 saturated carbocycles. The van der Waals surface area contributed by atoms with Gasteiger partial charge in [-0.15, -0.1) is 5.10 Å². The molecule has 0 amide bonds. The molecule has 0 aliphatic carbocycles. The van der Waals surface area contributed by atoms with E-state index in [1.807, 2.05) is 20.1 Å². The molecule has 102 valence electrons. The third-order valence-electron chi connectivity index (χ3n) is 1.97. The van der Waals surface area contributed by atoms with E-state index in [-0.39, 0.29) is 6.10 Å². The van der Waals surface area contributed by atoms with E-state index in [0.29, 0.717) is 16.2 Å². The van der Waals surface area contributed by atoms with Crippen LogP contribution in [0.1, 0.15) is 13.8 Å². The Hall–Kier alpha value is -1.35. The Kier molecular flexibility index (Phi) is 4.59. The average Bonchev–Trinajstić information content (AvgIpc) is 2.74. The average molecular weight is 298 g/mol. The summed E-state index contributed by atoms with van der Waals surface area (Å²) >= 11 is 2.84. The molecule has 7 nitrogen and oxygen atoms in total. The fraction of sp³-hybridized carbons (Fsp3) is 0.500. The molecule has 0 unspecified atom stereocenters. The summed E-state index contributed by atoms with van der Waals surface area (Å²) in [5.74, 6) is 0.562.